The Morgan fingerprint density at radius 2 is 2.18 bits per heavy atom. The zero-order valence-corrected chi connectivity index (χ0v) is 6.46. The first-order chi connectivity index (χ1) is 5.24. The molecule has 0 aromatic heterocycles. The molecule has 0 N–H and O–H groups in total. The summed E-state index contributed by atoms with van der Waals surface area (Å²) in [5, 5.41) is 0. The maximum atomic E-state index is 10.8. The molecular weight excluding hydrogens is 140 g/mol. The molecule has 1 rings (SSSR count). The predicted octanol–water partition coefficient (Wildman–Crippen LogP) is 1.42. The number of ketones is 1. The average molecular weight is 150 g/mol. The van der Waals surface area contributed by atoms with Crippen LogP contribution in [0.2, 0.25) is 0 Å². The summed E-state index contributed by atoms with van der Waals surface area (Å²) in [5.41, 5.74) is 1.91. The highest BCUT2D eigenvalue weighted by Crippen LogP contribution is 2.20. The molecule has 0 heterocycles. The molecule has 0 aromatic rings. The lowest BCUT2D eigenvalue weighted by atomic mass is 9.94. The SMILES string of the molecule is CC1=CC(=O)CC/C1=C\C=O. The summed E-state index contributed by atoms with van der Waals surface area (Å²) < 4.78 is 0. The van der Waals surface area contributed by atoms with E-state index in [1.165, 1.54) is 6.08 Å². The Kier molecular flexibility index (Phi) is 2.36. The summed E-state index contributed by atoms with van der Waals surface area (Å²) in [7, 11) is 0. The van der Waals surface area contributed by atoms with Crippen LogP contribution in [-0.4, -0.2) is 12.1 Å². The monoisotopic (exact) mass is 150 g/mol. The standard InChI is InChI=1S/C9H10O2/c1-7-6-9(11)3-2-8(7)4-5-10/h4-6H,2-3H2,1H3/b8-4+. The minimum atomic E-state index is 0.158. The zero-order chi connectivity index (χ0) is 8.27. The summed E-state index contributed by atoms with van der Waals surface area (Å²) >= 11 is 0. The first kappa shape index (κ1) is 7.92. The van der Waals surface area contributed by atoms with Crippen molar-refractivity contribution in [3.8, 4) is 0 Å². The van der Waals surface area contributed by atoms with Gasteiger partial charge in [-0.1, -0.05) is 0 Å². The third kappa shape index (κ3) is 1.87. The average Bonchev–Trinajstić information content (AvgIpc) is 1.95. The number of rotatable bonds is 1. The van der Waals surface area contributed by atoms with E-state index in [1.807, 2.05) is 6.92 Å². The molecule has 0 aromatic carbocycles. The van der Waals surface area contributed by atoms with Crippen LogP contribution in [0.5, 0.6) is 0 Å². The van der Waals surface area contributed by atoms with Crippen molar-refractivity contribution in [2.75, 3.05) is 0 Å². The molecule has 0 amide bonds. The summed E-state index contributed by atoms with van der Waals surface area (Å²) in [6.07, 6.45) is 5.14. The van der Waals surface area contributed by atoms with Crippen LogP contribution in [0.4, 0.5) is 0 Å². The molecule has 0 radical (unpaired) electrons. The van der Waals surface area contributed by atoms with Gasteiger partial charge in [0.25, 0.3) is 0 Å². The van der Waals surface area contributed by atoms with Crippen LogP contribution in [0.15, 0.2) is 23.3 Å². The third-order valence-corrected chi connectivity index (χ3v) is 1.79. The molecule has 0 atom stereocenters. The summed E-state index contributed by atoms with van der Waals surface area (Å²) in [4.78, 5) is 20.9. The van der Waals surface area contributed by atoms with Crippen molar-refractivity contribution in [3.63, 3.8) is 0 Å². The molecule has 2 heteroatoms. The fraction of sp³-hybridized carbons (Fsp3) is 0.333. The summed E-state index contributed by atoms with van der Waals surface area (Å²) in [5.74, 6) is 0.158. The van der Waals surface area contributed by atoms with Crippen molar-refractivity contribution in [3.05, 3.63) is 23.3 Å². The molecule has 2 nitrogen and oxygen atoms in total. The summed E-state index contributed by atoms with van der Waals surface area (Å²) in [6, 6.07) is 0. The Hall–Kier alpha value is -1.18. The van der Waals surface area contributed by atoms with Gasteiger partial charge in [-0.3, -0.25) is 9.59 Å². The Morgan fingerprint density at radius 3 is 2.73 bits per heavy atom. The van der Waals surface area contributed by atoms with Gasteiger partial charge >= 0.3 is 0 Å². The third-order valence-electron chi connectivity index (χ3n) is 1.79. The van der Waals surface area contributed by atoms with Crippen molar-refractivity contribution < 1.29 is 9.59 Å². The molecule has 0 saturated heterocycles. The first-order valence-electron chi connectivity index (χ1n) is 3.60. The van der Waals surface area contributed by atoms with Crippen molar-refractivity contribution in [1.29, 1.82) is 0 Å². The molecule has 0 aliphatic heterocycles. The van der Waals surface area contributed by atoms with E-state index in [-0.39, 0.29) is 5.78 Å². The molecule has 0 bridgehead atoms. The van der Waals surface area contributed by atoms with Crippen LogP contribution < -0.4 is 0 Å². The molecule has 0 saturated carbocycles. The van der Waals surface area contributed by atoms with E-state index in [0.29, 0.717) is 12.8 Å². The van der Waals surface area contributed by atoms with Gasteiger partial charge in [0, 0.05) is 6.42 Å². The maximum absolute atomic E-state index is 10.8. The van der Waals surface area contributed by atoms with Crippen LogP contribution in [0.3, 0.4) is 0 Å². The van der Waals surface area contributed by atoms with Crippen molar-refractivity contribution >= 4 is 12.1 Å². The molecule has 58 valence electrons. The second kappa shape index (κ2) is 3.28. The van der Waals surface area contributed by atoms with E-state index in [9.17, 15) is 9.59 Å². The Morgan fingerprint density at radius 1 is 1.45 bits per heavy atom. The van der Waals surface area contributed by atoms with Crippen LogP contribution in [-0.2, 0) is 9.59 Å². The lowest BCUT2D eigenvalue weighted by molar-refractivity contribution is -0.114. The predicted molar refractivity (Wildman–Crippen MR) is 42.1 cm³/mol. The van der Waals surface area contributed by atoms with Crippen molar-refractivity contribution in [2.45, 2.75) is 19.8 Å². The zero-order valence-electron chi connectivity index (χ0n) is 6.46. The number of allylic oxidation sites excluding steroid dienone is 4. The smallest absolute Gasteiger partial charge is 0.156 e. The van der Waals surface area contributed by atoms with Crippen molar-refractivity contribution in [2.24, 2.45) is 0 Å². The molecule has 11 heavy (non-hydrogen) atoms. The minimum absolute atomic E-state index is 0.158. The molecular formula is C9H10O2. The van der Waals surface area contributed by atoms with Crippen LogP contribution in [0.25, 0.3) is 0 Å². The topological polar surface area (TPSA) is 34.1 Å². The molecule has 0 fully saturated rings. The van der Waals surface area contributed by atoms with Crippen LogP contribution in [0.1, 0.15) is 19.8 Å². The van der Waals surface area contributed by atoms with E-state index in [1.54, 1.807) is 6.08 Å². The van der Waals surface area contributed by atoms with Gasteiger partial charge < -0.3 is 0 Å². The van der Waals surface area contributed by atoms with E-state index >= 15 is 0 Å². The second-order valence-corrected chi connectivity index (χ2v) is 2.62. The first-order valence-corrected chi connectivity index (χ1v) is 3.60. The van der Waals surface area contributed by atoms with E-state index in [4.69, 9.17) is 0 Å². The van der Waals surface area contributed by atoms with Gasteiger partial charge in [0.2, 0.25) is 0 Å². The second-order valence-electron chi connectivity index (χ2n) is 2.62. The highest BCUT2D eigenvalue weighted by Gasteiger charge is 2.10. The molecule has 0 unspecified atom stereocenters. The van der Waals surface area contributed by atoms with Gasteiger partial charge in [-0.05, 0) is 36.6 Å². The highest BCUT2D eigenvalue weighted by molar-refractivity contribution is 5.93. The van der Waals surface area contributed by atoms with E-state index < -0.39 is 0 Å². The molecule has 1 aliphatic carbocycles. The fourth-order valence-electron chi connectivity index (χ4n) is 1.16. The summed E-state index contributed by atoms with van der Waals surface area (Å²) in [6.45, 7) is 1.85. The van der Waals surface area contributed by atoms with Crippen LogP contribution >= 0.6 is 0 Å². The van der Waals surface area contributed by atoms with Gasteiger partial charge in [0.05, 0.1) is 0 Å². The van der Waals surface area contributed by atoms with E-state index in [0.717, 1.165) is 17.4 Å². The van der Waals surface area contributed by atoms with Crippen LogP contribution in [0, 0.1) is 0 Å². The van der Waals surface area contributed by atoms with Gasteiger partial charge in [-0.25, -0.2) is 0 Å². The largest absolute Gasteiger partial charge is 0.299 e. The van der Waals surface area contributed by atoms with Gasteiger partial charge in [-0.15, -0.1) is 0 Å². The van der Waals surface area contributed by atoms with E-state index in [2.05, 4.69) is 0 Å². The lowest BCUT2D eigenvalue weighted by Crippen LogP contribution is -2.03. The van der Waals surface area contributed by atoms with Gasteiger partial charge in [0.1, 0.15) is 6.29 Å². The highest BCUT2D eigenvalue weighted by atomic mass is 16.1. The van der Waals surface area contributed by atoms with Gasteiger partial charge in [-0.2, -0.15) is 0 Å². The van der Waals surface area contributed by atoms with Crippen molar-refractivity contribution in [1.82, 2.24) is 0 Å². The fourth-order valence-corrected chi connectivity index (χ4v) is 1.16. The Labute approximate surface area is 65.6 Å². The number of carbonyl (C=O) groups excluding carboxylic acids is 2. The number of hydrogen-bond donors (Lipinski definition) is 0. The molecule has 0 spiro atoms. The Balaban J connectivity index is 2.88. The van der Waals surface area contributed by atoms with Gasteiger partial charge in [0.15, 0.2) is 5.78 Å². The number of aldehydes is 1. The quantitative estimate of drug-likeness (QED) is 0.418. The Bertz CT molecular complexity index is 246. The normalized spacial score (nSPS) is 21.7. The number of hydrogen-bond acceptors (Lipinski definition) is 2. The lowest BCUT2D eigenvalue weighted by Gasteiger charge is -2.10. The minimum Gasteiger partial charge on any atom is -0.299 e. The number of carbonyl (C=O) groups is 2. The maximum Gasteiger partial charge on any atom is 0.156 e. The molecule has 1 aliphatic rings.